The van der Waals surface area contributed by atoms with E-state index in [-0.39, 0.29) is 13.8 Å². The predicted octanol–water partition coefficient (Wildman–Crippen LogP) is 3.66. The van der Waals surface area contributed by atoms with Gasteiger partial charge >= 0.3 is 0 Å². The molecule has 0 saturated carbocycles. The molecule has 5 nitrogen and oxygen atoms in total. The van der Waals surface area contributed by atoms with Crippen LogP contribution in [0.5, 0.6) is 0 Å². The van der Waals surface area contributed by atoms with Crippen molar-refractivity contribution in [1.29, 1.82) is 5.26 Å². The van der Waals surface area contributed by atoms with Crippen molar-refractivity contribution >= 4 is 17.1 Å². The minimum Gasteiger partial charge on any atom is -0.326 e. The Labute approximate surface area is 136 Å². The van der Waals surface area contributed by atoms with Gasteiger partial charge in [0.15, 0.2) is 0 Å². The van der Waals surface area contributed by atoms with Gasteiger partial charge in [0.2, 0.25) is 5.91 Å². The molecule has 0 radical (unpaired) electrons. The second-order valence-electron chi connectivity index (χ2n) is 4.62. The lowest BCUT2D eigenvalue weighted by Crippen LogP contribution is -2.16. The van der Waals surface area contributed by atoms with E-state index >= 15 is 0 Å². The van der Waals surface area contributed by atoms with Crippen molar-refractivity contribution in [2.75, 3.05) is 5.32 Å². The molecule has 0 aliphatic rings. The molecule has 2 aromatic heterocycles. The highest BCUT2D eigenvalue weighted by molar-refractivity contribution is 5.92. The molecule has 3 aromatic rings. The number of fused-ring (bicyclic) bond motifs is 1. The summed E-state index contributed by atoms with van der Waals surface area (Å²) in [5.41, 5.74) is 3.07. The van der Waals surface area contributed by atoms with Crippen LogP contribution in [0.3, 0.4) is 0 Å². The standard InChI is InChI=1S/C16H12N4O.C2H6.H2/c17-9-12-4-6-13(7-5-12)19-16(21)8-14-2-1-3-15-10-18-11-20(14)15;1-2;/h1-7,10-11H,8H2,(H,19,21);1-2H3;1H. The van der Waals surface area contributed by atoms with Crippen molar-refractivity contribution in [1.82, 2.24) is 9.38 Å². The third-order valence-corrected chi connectivity index (χ3v) is 3.17. The summed E-state index contributed by atoms with van der Waals surface area (Å²) in [5, 5.41) is 11.6. The van der Waals surface area contributed by atoms with Crippen LogP contribution in [0.2, 0.25) is 0 Å². The van der Waals surface area contributed by atoms with Crippen molar-refractivity contribution in [3.63, 3.8) is 0 Å². The Morgan fingerprint density at radius 1 is 1.26 bits per heavy atom. The van der Waals surface area contributed by atoms with E-state index in [2.05, 4.69) is 10.3 Å². The summed E-state index contributed by atoms with van der Waals surface area (Å²) in [6.45, 7) is 4.00. The Morgan fingerprint density at radius 3 is 2.70 bits per heavy atom. The molecule has 5 heteroatoms. The highest BCUT2D eigenvalue weighted by Crippen LogP contribution is 2.11. The van der Waals surface area contributed by atoms with Crippen molar-refractivity contribution in [3.8, 4) is 6.07 Å². The van der Waals surface area contributed by atoms with E-state index in [1.54, 1.807) is 36.8 Å². The van der Waals surface area contributed by atoms with Crippen LogP contribution in [-0.4, -0.2) is 15.3 Å². The molecule has 1 amide bonds. The van der Waals surface area contributed by atoms with Gasteiger partial charge in [-0.05, 0) is 36.4 Å². The highest BCUT2D eigenvalue weighted by Gasteiger charge is 2.07. The Hall–Kier alpha value is -3.13. The number of anilines is 1. The molecule has 3 rings (SSSR count). The zero-order valence-electron chi connectivity index (χ0n) is 13.2. The van der Waals surface area contributed by atoms with Crippen LogP contribution >= 0.6 is 0 Å². The molecule has 0 fully saturated rings. The number of hydrogen-bond acceptors (Lipinski definition) is 3. The first-order chi connectivity index (χ1) is 11.3. The molecule has 23 heavy (non-hydrogen) atoms. The maximum atomic E-state index is 12.1. The molecule has 0 atom stereocenters. The number of benzene rings is 1. The summed E-state index contributed by atoms with van der Waals surface area (Å²) >= 11 is 0. The number of nitrogens with zero attached hydrogens (tertiary/aromatic N) is 3. The minimum atomic E-state index is -0.110. The monoisotopic (exact) mass is 308 g/mol. The van der Waals surface area contributed by atoms with Gasteiger partial charge in [-0.25, -0.2) is 4.98 Å². The normalized spacial score (nSPS) is 9.61. The number of pyridine rings is 1. The lowest BCUT2D eigenvalue weighted by molar-refractivity contribution is -0.115. The predicted molar refractivity (Wildman–Crippen MR) is 92.1 cm³/mol. The maximum Gasteiger partial charge on any atom is 0.230 e. The SMILES string of the molecule is CC.N#Cc1ccc(NC(=O)Cc2cccc3cncn23)cc1.[HH]. The third kappa shape index (κ3) is 3.95. The van der Waals surface area contributed by atoms with Gasteiger partial charge in [-0.15, -0.1) is 0 Å². The van der Waals surface area contributed by atoms with Gasteiger partial charge in [0.25, 0.3) is 0 Å². The molecule has 0 unspecified atom stereocenters. The lowest BCUT2D eigenvalue weighted by atomic mass is 10.2. The van der Waals surface area contributed by atoms with Gasteiger partial charge in [0, 0.05) is 12.8 Å². The van der Waals surface area contributed by atoms with E-state index in [0.717, 1.165) is 11.2 Å². The Morgan fingerprint density at radius 2 is 2.00 bits per heavy atom. The molecule has 0 saturated heterocycles. The fourth-order valence-corrected chi connectivity index (χ4v) is 2.15. The number of imidazole rings is 1. The average molecular weight is 308 g/mol. The first kappa shape index (κ1) is 16.2. The van der Waals surface area contributed by atoms with Crippen molar-refractivity contribution in [2.45, 2.75) is 20.3 Å². The maximum absolute atomic E-state index is 12.1. The fraction of sp³-hybridized carbons (Fsp3) is 0.167. The Bertz CT molecular complexity index is 834. The number of carbonyl (C=O) groups is 1. The summed E-state index contributed by atoms with van der Waals surface area (Å²) in [4.78, 5) is 16.2. The molecule has 0 aliphatic carbocycles. The molecule has 118 valence electrons. The largest absolute Gasteiger partial charge is 0.326 e. The highest BCUT2D eigenvalue weighted by atomic mass is 16.1. The van der Waals surface area contributed by atoms with Crippen LogP contribution in [0.1, 0.15) is 26.5 Å². The molecule has 0 aliphatic heterocycles. The number of rotatable bonds is 3. The molecule has 2 heterocycles. The Kier molecular flexibility index (Phi) is 5.48. The smallest absolute Gasteiger partial charge is 0.230 e. The van der Waals surface area contributed by atoms with Gasteiger partial charge in [-0.1, -0.05) is 19.9 Å². The van der Waals surface area contributed by atoms with Crippen LogP contribution in [0, 0.1) is 11.3 Å². The van der Waals surface area contributed by atoms with Crippen LogP contribution in [-0.2, 0) is 11.2 Å². The van der Waals surface area contributed by atoms with E-state index in [1.165, 1.54) is 0 Å². The number of amides is 1. The lowest BCUT2D eigenvalue weighted by Gasteiger charge is -2.07. The first-order valence-corrected chi connectivity index (χ1v) is 7.46. The molecular weight excluding hydrogens is 288 g/mol. The minimum absolute atomic E-state index is 0. The quantitative estimate of drug-likeness (QED) is 0.802. The topological polar surface area (TPSA) is 70.2 Å². The van der Waals surface area contributed by atoms with Crippen LogP contribution in [0.4, 0.5) is 5.69 Å². The van der Waals surface area contributed by atoms with E-state index in [9.17, 15) is 4.79 Å². The third-order valence-electron chi connectivity index (χ3n) is 3.17. The number of hydrogen-bond donors (Lipinski definition) is 1. The summed E-state index contributed by atoms with van der Waals surface area (Å²) in [7, 11) is 0. The zero-order chi connectivity index (χ0) is 16.7. The molecule has 0 spiro atoms. The van der Waals surface area contributed by atoms with Crippen molar-refractivity contribution in [3.05, 3.63) is 66.2 Å². The van der Waals surface area contributed by atoms with Crippen molar-refractivity contribution < 1.29 is 6.22 Å². The second kappa shape index (κ2) is 7.76. The fourth-order valence-electron chi connectivity index (χ4n) is 2.15. The van der Waals surface area contributed by atoms with Crippen LogP contribution in [0.15, 0.2) is 55.0 Å². The number of nitrogens with one attached hydrogen (secondary N) is 1. The van der Waals surface area contributed by atoms with E-state index in [1.807, 2.05) is 42.5 Å². The summed E-state index contributed by atoms with van der Waals surface area (Å²) < 4.78 is 1.89. The van der Waals surface area contributed by atoms with Crippen LogP contribution in [0.25, 0.3) is 5.52 Å². The second-order valence-corrected chi connectivity index (χ2v) is 4.62. The summed E-state index contributed by atoms with van der Waals surface area (Å²) in [6.07, 6.45) is 3.70. The van der Waals surface area contributed by atoms with Gasteiger partial charge in [0.1, 0.15) is 0 Å². The molecule has 0 bridgehead atoms. The first-order valence-electron chi connectivity index (χ1n) is 7.46. The van der Waals surface area contributed by atoms with Gasteiger partial charge in [-0.3, -0.25) is 4.79 Å². The number of nitriles is 1. The average Bonchev–Trinajstić information content (AvgIpc) is 3.07. The van der Waals surface area contributed by atoms with Gasteiger partial charge in [-0.2, -0.15) is 5.26 Å². The number of carbonyl (C=O) groups excluding carboxylic acids is 1. The van der Waals surface area contributed by atoms with Gasteiger partial charge < -0.3 is 9.72 Å². The molecular formula is C18H20N4O. The van der Waals surface area contributed by atoms with Crippen LogP contribution < -0.4 is 5.32 Å². The molecule has 1 N–H and O–H groups in total. The number of aromatic nitrogens is 2. The van der Waals surface area contributed by atoms with Gasteiger partial charge in [0.05, 0.1) is 36.1 Å². The van der Waals surface area contributed by atoms with E-state index < -0.39 is 0 Å². The molecule has 1 aromatic carbocycles. The summed E-state index contributed by atoms with van der Waals surface area (Å²) in [5.74, 6) is -0.110. The summed E-state index contributed by atoms with van der Waals surface area (Å²) in [6, 6.07) is 14.6. The van der Waals surface area contributed by atoms with Crippen molar-refractivity contribution in [2.24, 2.45) is 0 Å². The zero-order valence-corrected chi connectivity index (χ0v) is 13.2. The van der Waals surface area contributed by atoms with E-state index in [0.29, 0.717) is 11.3 Å². The Balaban J connectivity index is 0.000000925. The van der Waals surface area contributed by atoms with E-state index in [4.69, 9.17) is 5.26 Å².